The normalized spacial score (nSPS) is 19.8. The Morgan fingerprint density at radius 2 is 1.95 bits per heavy atom. The minimum Gasteiger partial charge on any atom is -0.288 e. The van der Waals surface area contributed by atoms with Gasteiger partial charge in [0.2, 0.25) is 0 Å². The lowest BCUT2D eigenvalue weighted by molar-refractivity contribution is 0.434. The van der Waals surface area contributed by atoms with Crippen LogP contribution in [0.1, 0.15) is 44.4 Å². The maximum Gasteiger partial charge on any atom is 0.0576 e. The van der Waals surface area contributed by atoms with Crippen LogP contribution in [0.4, 0.5) is 0 Å². The molecule has 0 saturated carbocycles. The Morgan fingerprint density at radius 1 is 1.11 bits per heavy atom. The van der Waals surface area contributed by atoms with Gasteiger partial charge < -0.3 is 0 Å². The van der Waals surface area contributed by atoms with Crippen molar-refractivity contribution in [3.8, 4) is 0 Å². The van der Waals surface area contributed by atoms with E-state index in [4.69, 9.17) is 4.99 Å². The maximum absolute atomic E-state index is 4.93. The zero-order chi connectivity index (χ0) is 13.3. The second-order valence-electron chi connectivity index (χ2n) is 6.07. The maximum atomic E-state index is 4.93. The fraction of sp³-hybridized carbons (Fsp3) is 0.471. The van der Waals surface area contributed by atoms with Gasteiger partial charge in [0.25, 0.3) is 0 Å². The molecule has 1 aliphatic rings. The SMILES string of the molecule is CC1(C)CCCCCN=C1c1cc2ccccc2s1. The van der Waals surface area contributed by atoms with Crippen molar-refractivity contribution in [1.29, 1.82) is 0 Å². The van der Waals surface area contributed by atoms with E-state index in [0.29, 0.717) is 0 Å². The van der Waals surface area contributed by atoms with Crippen molar-refractivity contribution in [2.24, 2.45) is 10.4 Å². The van der Waals surface area contributed by atoms with E-state index in [2.05, 4.69) is 44.2 Å². The molecule has 3 rings (SSSR count). The number of fused-ring (bicyclic) bond motifs is 1. The molecule has 1 nitrogen and oxygen atoms in total. The number of hydrogen-bond acceptors (Lipinski definition) is 2. The molecule has 0 fully saturated rings. The first-order valence-corrected chi connectivity index (χ1v) is 8.02. The van der Waals surface area contributed by atoms with Crippen molar-refractivity contribution in [1.82, 2.24) is 0 Å². The molecule has 0 saturated heterocycles. The van der Waals surface area contributed by atoms with Crippen LogP contribution in [-0.2, 0) is 0 Å². The Balaban J connectivity index is 2.06. The number of thiophene rings is 1. The molecule has 1 aliphatic heterocycles. The van der Waals surface area contributed by atoms with E-state index in [1.165, 1.54) is 46.4 Å². The van der Waals surface area contributed by atoms with Crippen LogP contribution in [0.3, 0.4) is 0 Å². The van der Waals surface area contributed by atoms with E-state index in [0.717, 1.165) is 6.54 Å². The Hall–Kier alpha value is -1.15. The Bertz CT molecular complexity index is 574. The molecule has 2 heterocycles. The summed E-state index contributed by atoms with van der Waals surface area (Å²) in [5, 5.41) is 1.35. The molecule has 0 N–H and O–H groups in total. The first-order chi connectivity index (χ1) is 9.17. The molecule has 100 valence electrons. The average molecular weight is 271 g/mol. The van der Waals surface area contributed by atoms with Gasteiger partial charge in [-0.15, -0.1) is 11.3 Å². The van der Waals surface area contributed by atoms with Crippen LogP contribution in [0.25, 0.3) is 10.1 Å². The molecule has 0 bridgehead atoms. The van der Waals surface area contributed by atoms with Gasteiger partial charge in [0.15, 0.2) is 0 Å². The van der Waals surface area contributed by atoms with Gasteiger partial charge in [-0.3, -0.25) is 4.99 Å². The molecular weight excluding hydrogens is 250 g/mol. The van der Waals surface area contributed by atoms with Gasteiger partial charge in [0, 0.05) is 21.5 Å². The molecule has 0 unspecified atom stereocenters. The van der Waals surface area contributed by atoms with Crippen LogP contribution in [0.5, 0.6) is 0 Å². The zero-order valence-electron chi connectivity index (χ0n) is 11.8. The van der Waals surface area contributed by atoms with E-state index in [1.807, 2.05) is 11.3 Å². The topological polar surface area (TPSA) is 12.4 Å². The Labute approximate surface area is 119 Å². The fourth-order valence-corrected chi connectivity index (χ4v) is 4.14. The van der Waals surface area contributed by atoms with Gasteiger partial charge in [-0.25, -0.2) is 0 Å². The number of aliphatic imine (C=N–C) groups is 1. The molecule has 1 aromatic carbocycles. The summed E-state index contributed by atoms with van der Waals surface area (Å²) in [6.07, 6.45) is 5.15. The van der Waals surface area contributed by atoms with Crippen LogP contribution in [0, 0.1) is 5.41 Å². The molecule has 1 aromatic heterocycles. The lowest BCUT2D eigenvalue weighted by Gasteiger charge is -2.28. The van der Waals surface area contributed by atoms with Gasteiger partial charge in [-0.1, -0.05) is 44.9 Å². The van der Waals surface area contributed by atoms with Gasteiger partial charge in [0.05, 0.1) is 5.71 Å². The molecule has 2 heteroatoms. The van der Waals surface area contributed by atoms with E-state index in [1.54, 1.807) is 0 Å². The van der Waals surface area contributed by atoms with Crippen molar-refractivity contribution in [3.63, 3.8) is 0 Å². The highest BCUT2D eigenvalue weighted by molar-refractivity contribution is 7.21. The zero-order valence-corrected chi connectivity index (χ0v) is 12.6. The molecule has 0 radical (unpaired) electrons. The summed E-state index contributed by atoms with van der Waals surface area (Å²) in [4.78, 5) is 6.30. The second kappa shape index (κ2) is 5.09. The lowest BCUT2D eigenvalue weighted by Crippen LogP contribution is -2.26. The van der Waals surface area contributed by atoms with E-state index in [9.17, 15) is 0 Å². The quantitative estimate of drug-likeness (QED) is 0.668. The minimum atomic E-state index is 0.210. The van der Waals surface area contributed by atoms with Crippen molar-refractivity contribution >= 4 is 27.1 Å². The van der Waals surface area contributed by atoms with E-state index in [-0.39, 0.29) is 5.41 Å². The molecule has 2 aromatic rings. The highest BCUT2D eigenvalue weighted by atomic mass is 32.1. The van der Waals surface area contributed by atoms with Crippen LogP contribution >= 0.6 is 11.3 Å². The minimum absolute atomic E-state index is 0.210. The molecule has 0 amide bonds. The Kier molecular flexibility index (Phi) is 3.44. The number of rotatable bonds is 1. The van der Waals surface area contributed by atoms with Gasteiger partial charge in [0.1, 0.15) is 0 Å². The van der Waals surface area contributed by atoms with E-state index >= 15 is 0 Å². The molecule has 0 aliphatic carbocycles. The number of hydrogen-bond donors (Lipinski definition) is 0. The summed E-state index contributed by atoms with van der Waals surface area (Å²) in [7, 11) is 0. The van der Waals surface area contributed by atoms with Crippen LogP contribution < -0.4 is 0 Å². The summed E-state index contributed by atoms with van der Waals surface area (Å²) < 4.78 is 1.37. The standard InChI is InChI=1S/C17H21NS/c1-17(2)10-6-3-7-11-18-16(17)15-12-13-8-4-5-9-14(13)19-15/h4-5,8-9,12H,3,6-7,10-11H2,1-2H3. The smallest absolute Gasteiger partial charge is 0.0576 e. The van der Waals surface area contributed by atoms with Crippen LogP contribution in [0.15, 0.2) is 35.3 Å². The van der Waals surface area contributed by atoms with Crippen molar-refractivity contribution in [2.75, 3.05) is 6.54 Å². The van der Waals surface area contributed by atoms with Gasteiger partial charge in [-0.05, 0) is 30.4 Å². The summed E-state index contributed by atoms with van der Waals surface area (Å²) in [6, 6.07) is 11.0. The molecule has 0 atom stereocenters. The first-order valence-electron chi connectivity index (χ1n) is 7.21. The molecular formula is C17H21NS. The van der Waals surface area contributed by atoms with Gasteiger partial charge >= 0.3 is 0 Å². The summed E-state index contributed by atoms with van der Waals surface area (Å²) in [6.45, 7) is 5.69. The number of benzene rings is 1. The van der Waals surface area contributed by atoms with Crippen molar-refractivity contribution < 1.29 is 0 Å². The summed E-state index contributed by atoms with van der Waals surface area (Å²) >= 11 is 1.89. The first kappa shape index (κ1) is 12.9. The highest BCUT2D eigenvalue weighted by Gasteiger charge is 2.27. The van der Waals surface area contributed by atoms with E-state index < -0.39 is 0 Å². The second-order valence-corrected chi connectivity index (χ2v) is 7.16. The summed E-state index contributed by atoms with van der Waals surface area (Å²) in [5.41, 5.74) is 1.54. The third-order valence-corrected chi connectivity index (χ3v) is 5.15. The third-order valence-electron chi connectivity index (χ3n) is 4.03. The Morgan fingerprint density at radius 3 is 2.79 bits per heavy atom. The van der Waals surface area contributed by atoms with Crippen molar-refractivity contribution in [2.45, 2.75) is 39.5 Å². The van der Waals surface area contributed by atoms with Crippen LogP contribution in [0.2, 0.25) is 0 Å². The van der Waals surface area contributed by atoms with Gasteiger partial charge in [-0.2, -0.15) is 0 Å². The predicted molar refractivity (Wildman–Crippen MR) is 85.5 cm³/mol. The fourth-order valence-electron chi connectivity index (χ4n) is 2.89. The predicted octanol–water partition coefficient (Wildman–Crippen LogP) is 5.29. The monoisotopic (exact) mass is 271 g/mol. The van der Waals surface area contributed by atoms with Crippen molar-refractivity contribution in [3.05, 3.63) is 35.2 Å². The molecule has 0 spiro atoms. The lowest BCUT2D eigenvalue weighted by atomic mass is 9.80. The van der Waals surface area contributed by atoms with Crippen LogP contribution in [-0.4, -0.2) is 12.3 Å². The molecule has 19 heavy (non-hydrogen) atoms. The highest BCUT2D eigenvalue weighted by Crippen LogP contribution is 2.35. The summed E-state index contributed by atoms with van der Waals surface area (Å²) in [5.74, 6) is 0. The third kappa shape index (κ3) is 2.59. The number of nitrogens with zero attached hydrogens (tertiary/aromatic N) is 1. The largest absolute Gasteiger partial charge is 0.288 e. The average Bonchev–Trinajstić information content (AvgIpc) is 2.78.